The van der Waals surface area contributed by atoms with E-state index in [0.29, 0.717) is 5.82 Å². The molecule has 1 heterocycles. The summed E-state index contributed by atoms with van der Waals surface area (Å²) in [7, 11) is 0. The zero-order valence-electron chi connectivity index (χ0n) is 5.58. The van der Waals surface area contributed by atoms with E-state index < -0.39 is 0 Å². The largest absolute Gasteiger partial charge is 0.354 e. The van der Waals surface area contributed by atoms with Gasteiger partial charge in [-0.2, -0.15) is 5.26 Å². The van der Waals surface area contributed by atoms with E-state index in [1.54, 1.807) is 0 Å². The van der Waals surface area contributed by atoms with Crippen LogP contribution in [-0.2, 0) is 0 Å². The summed E-state index contributed by atoms with van der Waals surface area (Å²) in [5.74, 6) is 0.440. The Morgan fingerprint density at radius 1 is 1.55 bits per heavy atom. The molecule has 56 valence electrons. The van der Waals surface area contributed by atoms with Crippen molar-refractivity contribution in [1.29, 1.82) is 5.26 Å². The van der Waals surface area contributed by atoms with E-state index in [-0.39, 0.29) is 11.7 Å². The summed E-state index contributed by atoms with van der Waals surface area (Å²) in [4.78, 5) is 7.62. The number of nitriles is 1. The van der Waals surface area contributed by atoms with E-state index in [1.165, 1.54) is 12.4 Å². The minimum atomic E-state index is 0.179. The molecule has 0 spiro atoms. The van der Waals surface area contributed by atoms with E-state index in [9.17, 15) is 0 Å². The van der Waals surface area contributed by atoms with E-state index >= 15 is 0 Å². The fraction of sp³-hybridized carbons (Fsp3) is 0.167. The van der Waals surface area contributed by atoms with Crippen LogP contribution in [0.2, 0.25) is 5.15 Å². The highest BCUT2D eigenvalue weighted by molar-refractivity contribution is 6.31. The predicted molar refractivity (Wildman–Crippen MR) is 41.1 cm³/mol. The normalized spacial score (nSPS) is 8.73. The third-order valence-electron chi connectivity index (χ3n) is 0.988. The van der Waals surface area contributed by atoms with Crippen LogP contribution in [0.5, 0.6) is 0 Å². The van der Waals surface area contributed by atoms with Gasteiger partial charge in [-0.15, -0.1) is 0 Å². The minimum Gasteiger partial charge on any atom is -0.354 e. The monoisotopic (exact) mass is 168 g/mol. The minimum absolute atomic E-state index is 0.179. The Bertz CT molecular complexity index is 280. The molecule has 0 saturated heterocycles. The van der Waals surface area contributed by atoms with Crippen molar-refractivity contribution < 1.29 is 0 Å². The fourth-order valence-electron chi connectivity index (χ4n) is 0.563. The molecule has 1 rings (SSSR count). The van der Waals surface area contributed by atoms with Gasteiger partial charge in [0.25, 0.3) is 0 Å². The Morgan fingerprint density at radius 3 is 2.91 bits per heavy atom. The first-order valence-electron chi connectivity index (χ1n) is 2.92. The first-order chi connectivity index (χ1) is 5.34. The number of rotatable bonds is 2. The van der Waals surface area contributed by atoms with Gasteiger partial charge in [0, 0.05) is 12.4 Å². The molecule has 0 aliphatic carbocycles. The number of halogens is 1. The van der Waals surface area contributed by atoms with Gasteiger partial charge in [0.05, 0.1) is 6.07 Å². The van der Waals surface area contributed by atoms with Gasteiger partial charge < -0.3 is 5.32 Å². The van der Waals surface area contributed by atoms with Crippen LogP contribution in [0.3, 0.4) is 0 Å². The zero-order valence-corrected chi connectivity index (χ0v) is 6.34. The molecule has 0 fully saturated rings. The smallest absolute Gasteiger partial charge is 0.171 e. The quantitative estimate of drug-likeness (QED) is 0.671. The molecule has 0 amide bonds. The Labute approximate surface area is 68.8 Å². The average molecular weight is 169 g/mol. The van der Waals surface area contributed by atoms with Crippen molar-refractivity contribution in [3.05, 3.63) is 17.5 Å². The Hall–Kier alpha value is -1.34. The summed E-state index contributed by atoms with van der Waals surface area (Å²) >= 11 is 5.61. The Kier molecular flexibility index (Phi) is 2.64. The van der Waals surface area contributed by atoms with Crippen molar-refractivity contribution in [3.63, 3.8) is 0 Å². The molecule has 0 aliphatic rings. The highest BCUT2D eigenvalue weighted by Crippen LogP contribution is 2.12. The van der Waals surface area contributed by atoms with Gasteiger partial charge >= 0.3 is 0 Å². The van der Waals surface area contributed by atoms with Crippen molar-refractivity contribution in [2.75, 3.05) is 11.9 Å². The van der Waals surface area contributed by atoms with Gasteiger partial charge in [0.1, 0.15) is 6.54 Å². The maximum atomic E-state index is 8.21. The van der Waals surface area contributed by atoms with Crippen molar-refractivity contribution in [2.24, 2.45) is 0 Å². The lowest BCUT2D eigenvalue weighted by Crippen LogP contribution is -2.01. The molecule has 11 heavy (non-hydrogen) atoms. The molecular weight excluding hydrogens is 164 g/mol. The zero-order chi connectivity index (χ0) is 8.10. The van der Waals surface area contributed by atoms with Crippen molar-refractivity contribution in [1.82, 2.24) is 9.97 Å². The molecular formula is C6H5ClN4. The van der Waals surface area contributed by atoms with Gasteiger partial charge in [-0.05, 0) is 0 Å². The average Bonchev–Trinajstić information content (AvgIpc) is 2.03. The third kappa shape index (κ3) is 2.06. The molecule has 0 aliphatic heterocycles. The number of aromatic nitrogens is 2. The van der Waals surface area contributed by atoms with E-state index in [2.05, 4.69) is 15.3 Å². The highest BCUT2D eigenvalue weighted by atomic mass is 35.5. The van der Waals surface area contributed by atoms with Gasteiger partial charge in [0.2, 0.25) is 0 Å². The predicted octanol–water partition coefficient (Wildman–Crippen LogP) is 1.07. The summed E-state index contributed by atoms with van der Waals surface area (Å²) in [6.45, 7) is 0.179. The van der Waals surface area contributed by atoms with E-state index in [1.807, 2.05) is 6.07 Å². The Morgan fingerprint density at radius 2 is 2.27 bits per heavy atom. The lowest BCUT2D eigenvalue weighted by molar-refractivity contribution is 1.16. The van der Waals surface area contributed by atoms with Crippen LogP contribution in [0.4, 0.5) is 5.82 Å². The first-order valence-corrected chi connectivity index (χ1v) is 3.29. The topological polar surface area (TPSA) is 61.6 Å². The molecule has 1 N–H and O–H groups in total. The molecule has 4 nitrogen and oxygen atoms in total. The van der Waals surface area contributed by atoms with Gasteiger partial charge in [-0.1, -0.05) is 11.6 Å². The van der Waals surface area contributed by atoms with Crippen LogP contribution >= 0.6 is 11.6 Å². The third-order valence-corrected chi connectivity index (χ3v) is 1.27. The van der Waals surface area contributed by atoms with Gasteiger partial charge in [-0.25, -0.2) is 9.97 Å². The lowest BCUT2D eigenvalue weighted by Gasteiger charge is -1.99. The molecule has 0 saturated carbocycles. The van der Waals surface area contributed by atoms with Gasteiger partial charge in [-0.3, -0.25) is 0 Å². The fourth-order valence-corrected chi connectivity index (χ4v) is 0.735. The lowest BCUT2D eigenvalue weighted by atomic mass is 10.6. The summed E-state index contributed by atoms with van der Waals surface area (Å²) in [6.07, 6.45) is 2.99. The second kappa shape index (κ2) is 3.74. The number of anilines is 1. The second-order valence-corrected chi connectivity index (χ2v) is 2.07. The van der Waals surface area contributed by atoms with E-state index in [0.717, 1.165) is 0 Å². The molecule has 0 unspecified atom stereocenters. The van der Waals surface area contributed by atoms with Crippen LogP contribution in [0.25, 0.3) is 0 Å². The van der Waals surface area contributed by atoms with Gasteiger partial charge in [0.15, 0.2) is 11.0 Å². The number of nitrogens with zero attached hydrogens (tertiary/aromatic N) is 3. The summed E-state index contributed by atoms with van der Waals surface area (Å²) < 4.78 is 0. The first kappa shape index (κ1) is 7.76. The van der Waals surface area contributed by atoms with Crippen LogP contribution in [-0.4, -0.2) is 16.5 Å². The molecule has 0 radical (unpaired) electrons. The summed E-state index contributed by atoms with van der Waals surface area (Å²) in [6, 6.07) is 1.91. The van der Waals surface area contributed by atoms with Crippen molar-refractivity contribution in [2.45, 2.75) is 0 Å². The summed E-state index contributed by atoms with van der Waals surface area (Å²) in [5.41, 5.74) is 0. The SMILES string of the molecule is N#CCNc1nccnc1Cl. The molecule has 0 aromatic carbocycles. The maximum Gasteiger partial charge on any atom is 0.171 e. The van der Waals surface area contributed by atoms with Crippen LogP contribution in [0.1, 0.15) is 0 Å². The van der Waals surface area contributed by atoms with Crippen LogP contribution < -0.4 is 5.32 Å². The number of hydrogen-bond donors (Lipinski definition) is 1. The van der Waals surface area contributed by atoms with Crippen LogP contribution in [0, 0.1) is 11.3 Å². The maximum absolute atomic E-state index is 8.21. The second-order valence-electron chi connectivity index (χ2n) is 1.71. The summed E-state index contributed by atoms with van der Waals surface area (Å²) in [5, 5.41) is 11.2. The van der Waals surface area contributed by atoms with Crippen LogP contribution in [0.15, 0.2) is 12.4 Å². The highest BCUT2D eigenvalue weighted by Gasteiger charge is 1.98. The number of nitrogens with one attached hydrogen (secondary N) is 1. The molecule has 1 aromatic rings. The molecule has 5 heteroatoms. The van der Waals surface area contributed by atoms with Crippen molar-refractivity contribution in [3.8, 4) is 6.07 Å². The number of hydrogen-bond acceptors (Lipinski definition) is 4. The standard InChI is InChI=1S/C6H5ClN4/c7-5-6(10-2-1-8)11-4-3-9-5/h3-4H,2H2,(H,10,11). The molecule has 1 aromatic heterocycles. The Balaban J connectivity index is 2.71. The van der Waals surface area contributed by atoms with Crippen molar-refractivity contribution >= 4 is 17.4 Å². The molecule has 0 bridgehead atoms. The van der Waals surface area contributed by atoms with E-state index in [4.69, 9.17) is 16.9 Å². The molecule has 0 atom stereocenters.